The number of nitrogens with one attached hydrogen (secondary N) is 3. The SMILES string of the molecule is C=CCNC(=O)C(=O)NCC(=O)NCCCN(Cc1cccnc1)C(=O)OC(C)(C)C. The number of pyridine rings is 1. The molecule has 0 aliphatic carbocycles. The summed E-state index contributed by atoms with van der Waals surface area (Å²) in [5.41, 5.74) is 0.226. The van der Waals surface area contributed by atoms with Crippen molar-refractivity contribution in [2.45, 2.75) is 39.3 Å². The second-order valence-corrected chi connectivity index (χ2v) is 7.65. The molecule has 0 aliphatic rings. The highest BCUT2D eigenvalue weighted by molar-refractivity contribution is 6.35. The zero-order valence-electron chi connectivity index (χ0n) is 18.3. The predicted molar refractivity (Wildman–Crippen MR) is 115 cm³/mol. The van der Waals surface area contributed by atoms with E-state index < -0.39 is 29.4 Å². The van der Waals surface area contributed by atoms with Crippen LogP contribution in [0.3, 0.4) is 0 Å². The molecule has 0 saturated carbocycles. The van der Waals surface area contributed by atoms with Crippen molar-refractivity contribution in [3.8, 4) is 0 Å². The van der Waals surface area contributed by atoms with E-state index in [0.717, 1.165) is 5.56 Å². The zero-order valence-corrected chi connectivity index (χ0v) is 18.3. The van der Waals surface area contributed by atoms with E-state index in [1.54, 1.807) is 44.1 Å². The fourth-order valence-corrected chi connectivity index (χ4v) is 2.32. The molecule has 1 rings (SSSR count). The molecule has 1 aromatic rings. The van der Waals surface area contributed by atoms with Crippen LogP contribution in [0.1, 0.15) is 32.8 Å². The van der Waals surface area contributed by atoms with Gasteiger partial charge in [0.2, 0.25) is 5.91 Å². The molecule has 0 atom stereocenters. The lowest BCUT2D eigenvalue weighted by Crippen LogP contribution is -2.44. The normalized spacial score (nSPS) is 10.5. The molecule has 10 nitrogen and oxygen atoms in total. The number of ether oxygens (including phenoxy) is 1. The van der Waals surface area contributed by atoms with Crippen molar-refractivity contribution >= 4 is 23.8 Å². The Hall–Kier alpha value is -3.43. The molecular weight excluding hydrogens is 402 g/mol. The molecule has 4 amide bonds. The van der Waals surface area contributed by atoms with Crippen molar-refractivity contribution in [3.63, 3.8) is 0 Å². The second-order valence-electron chi connectivity index (χ2n) is 7.65. The van der Waals surface area contributed by atoms with E-state index in [9.17, 15) is 19.2 Å². The smallest absolute Gasteiger partial charge is 0.410 e. The maximum atomic E-state index is 12.5. The van der Waals surface area contributed by atoms with Crippen LogP contribution in [-0.4, -0.2) is 65.5 Å². The second kappa shape index (κ2) is 13.0. The Morgan fingerprint density at radius 3 is 2.48 bits per heavy atom. The van der Waals surface area contributed by atoms with Crippen molar-refractivity contribution in [1.82, 2.24) is 25.8 Å². The molecule has 1 aromatic heterocycles. The molecule has 0 aromatic carbocycles. The van der Waals surface area contributed by atoms with Gasteiger partial charge in [0.1, 0.15) is 5.60 Å². The molecule has 0 spiro atoms. The Morgan fingerprint density at radius 2 is 1.87 bits per heavy atom. The van der Waals surface area contributed by atoms with Crippen LogP contribution in [0.15, 0.2) is 37.2 Å². The molecule has 10 heteroatoms. The van der Waals surface area contributed by atoms with Crippen LogP contribution >= 0.6 is 0 Å². The zero-order chi connectivity index (χ0) is 23.3. The van der Waals surface area contributed by atoms with Crippen LogP contribution in [0, 0.1) is 0 Å². The van der Waals surface area contributed by atoms with Crippen molar-refractivity contribution in [2.24, 2.45) is 0 Å². The van der Waals surface area contributed by atoms with E-state index in [-0.39, 0.29) is 19.6 Å². The largest absolute Gasteiger partial charge is 0.444 e. The van der Waals surface area contributed by atoms with E-state index in [4.69, 9.17) is 4.74 Å². The van der Waals surface area contributed by atoms with Gasteiger partial charge < -0.3 is 25.6 Å². The molecule has 0 radical (unpaired) electrons. The number of rotatable bonds is 10. The van der Waals surface area contributed by atoms with Crippen LogP contribution in [0.25, 0.3) is 0 Å². The lowest BCUT2D eigenvalue weighted by atomic mass is 10.2. The molecular formula is C21H31N5O5. The maximum absolute atomic E-state index is 12.5. The Bertz CT molecular complexity index is 761. The summed E-state index contributed by atoms with van der Waals surface area (Å²) >= 11 is 0. The lowest BCUT2D eigenvalue weighted by molar-refractivity contribution is -0.139. The third-order valence-corrected chi connectivity index (χ3v) is 3.70. The van der Waals surface area contributed by atoms with Gasteiger partial charge in [-0.3, -0.25) is 19.4 Å². The number of hydrogen-bond donors (Lipinski definition) is 3. The highest BCUT2D eigenvalue weighted by Gasteiger charge is 2.22. The molecule has 0 aliphatic heterocycles. The first-order valence-electron chi connectivity index (χ1n) is 9.93. The van der Waals surface area contributed by atoms with Crippen LogP contribution < -0.4 is 16.0 Å². The van der Waals surface area contributed by atoms with Gasteiger partial charge in [-0.15, -0.1) is 6.58 Å². The average molecular weight is 434 g/mol. The van der Waals surface area contributed by atoms with Gasteiger partial charge in [-0.1, -0.05) is 12.1 Å². The summed E-state index contributed by atoms with van der Waals surface area (Å²) in [6, 6.07) is 3.65. The van der Waals surface area contributed by atoms with Gasteiger partial charge in [-0.25, -0.2) is 4.79 Å². The summed E-state index contributed by atoms with van der Waals surface area (Å²) in [5.74, 6) is -2.18. The van der Waals surface area contributed by atoms with E-state index in [0.29, 0.717) is 19.5 Å². The average Bonchev–Trinajstić information content (AvgIpc) is 2.71. The van der Waals surface area contributed by atoms with Crippen molar-refractivity contribution in [3.05, 3.63) is 42.7 Å². The van der Waals surface area contributed by atoms with Gasteiger partial charge >= 0.3 is 17.9 Å². The third kappa shape index (κ3) is 11.4. The Labute approximate surface area is 182 Å². The fraction of sp³-hybridized carbons (Fsp3) is 0.476. The molecule has 3 N–H and O–H groups in total. The summed E-state index contributed by atoms with van der Waals surface area (Å²) in [6.45, 7) is 9.58. The number of hydrogen-bond acceptors (Lipinski definition) is 6. The molecule has 170 valence electrons. The van der Waals surface area contributed by atoms with E-state index >= 15 is 0 Å². The van der Waals surface area contributed by atoms with Gasteiger partial charge in [0.25, 0.3) is 0 Å². The highest BCUT2D eigenvalue weighted by Crippen LogP contribution is 2.12. The minimum atomic E-state index is -0.899. The number of carbonyl (C=O) groups excluding carboxylic acids is 4. The first-order chi connectivity index (χ1) is 14.6. The summed E-state index contributed by atoms with van der Waals surface area (Å²) in [5, 5.41) is 7.18. The Balaban J connectivity index is 2.45. The molecule has 0 fully saturated rings. The van der Waals surface area contributed by atoms with Gasteiger partial charge in [0.15, 0.2) is 0 Å². The molecule has 31 heavy (non-hydrogen) atoms. The number of amides is 4. The van der Waals surface area contributed by atoms with Crippen molar-refractivity contribution in [2.75, 3.05) is 26.2 Å². The Kier molecular flexibility index (Phi) is 10.7. The highest BCUT2D eigenvalue weighted by atomic mass is 16.6. The number of aromatic nitrogens is 1. The summed E-state index contributed by atoms with van der Waals surface area (Å²) < 4.78 is 5.45. The minimum absolute atomic E-state index is 0.158. The van der Waals surface area contributed by atoms with Gasteiger partial charge in [0, 0.05) is 32.0 Å². The monoisotopic (exact) mass is 433 g/mol. The summed E-state index contributed by atoms with van der Waals surface area (Å²) in [6.07, 6.45) is 4.78. The van der Waals surface area contributed by atoms with E-state index in [1.165, 1.54) is 6.08 Å². The number of carbonyl (C=O) groups is 4. The van der Waals surface area contributed by atoms with Crippen LogP contribution in [-0.2, 0) is 25.7 Å². The molecule has 0 unspecified atom stereocenters. The minimum Gasteiger partial charge on any atom is -0.444 e. The van der Waals surface area contributed by atoms with Gasteiger partial charge in [-0.05, 0) is 38.8 Å². The molecule has 0 bridgehead atoms. The van der Waals surface area contributed by atoms with Crippen molar-refractivity contribution in [1.29, 1.82) is 0 Å². The quantitative estimate of drug-likeness (QED) is 0.284. The number of nitrogens with zero attached hydrogens (tertiary/aromatic N) is 2. The lowest BCUT2D eigenvalue weighted by Gasteiger charge is -2.27. The van der Waals surface area contributed by atoms with E-state index in [1.807, 2.05) is 6.07 Å². The van der Waals surface area contributed by atoms with E-state index in [2.05, 4.69) is 27.5 Å². The van der Waals surface area contributed by atoms with Crippen molar-refractivity contribution < 1.29 is 23.9 Å². The Morgan fingerprint density at radius 1 is 1.16 bits per heavy atom. The summed E-state index contributed by atoms with van der Waals surface area (Å²) in [4.78, 5) is 52.9. The van der Waals surface area contributed by atoms with Crippen LogP contribution in [0.2, 0.25) is 0 Å². The summed E-state index contributed by atoms with van der Waals surface area (Å²) in [7, 11) is 0. The van der Waals surface area contributed by atoms with Gasteiger partial charge in [-0.2, -0.15) is 0 Å². The third-order valence-electron chi connectivity index (χ3n) is 3.70. The topological polar surface area (TPSA) is 130 Å². The standard InChI is InChI=1S/C21H31N5O5/c1-5-9-24-18(28)19(29)25-14-17(27)23-11-7-12-26(20(30)31-21(2,3)4)15-16-8-6-10-22-13-16/h5-6,8,10,13H,1,7,9,11-12,14-15H2,2-4H3,(H,23,27)(H,24,28)(H,25,29). The first-order valence-corrected chi connectivity index (χ1v) is 9.93. The molecule has 0 saturated heterocycles. The van der Waals surface area contributed by atoms with Crippen LogP contribution in [0.4, 0.5) is 4.79 Å². The first kappa shape index (κ1) is 25.6. The predicted octanol–water partition coefficient (Wildman–Crippen LogP) is 0.743. The van der Waals surface area contributed by atoms with Crippen LogP contribution in [0.5, 0.6) is 0 Å². The fourth-order valence-electron chi connectivity index (χ4n) is 2.32. The van der Waals surface area contributed by atoms with Gasteiger partial charge in [0.05, 0.1) is 13.1 Å². The molecule has 1 heterocycles. The maximum Gasteiger partial charge on any atom is 0.410 e.